The number of carbonyl (C=O) groups excluding carboxylic acids is 1. The SMILES string of the molecule is CCOc1cc(C)ccc1CNC(=O)C1CCCN1. The molecule has 1 aliphatic heterocycles. The zero-order valence-electron chi connectivity index (χ0n) is 11.7. The molecule has 0 bridgehead atoms. The van der Waals surface area contributed by atoms with E-state index in [4.69, 9.17) is 4.74 Å². The van der Waals surface area contributed by atoms with Crippen molar-refractivity contribution in [2.24, 2.45) is 0 Å². The van der Waals surface area contributed by atoms with Gasteiger partial charge >= 0.3 is 0 Å². The summed E-state index contributed by atoms with van der Waals surface area (Å²) < 4.78 is 5.61. The van der Waals surface area contributed by atoms with Crippen molar-refractivity contribution in [3.63, 3.8) is 0 Å². The maximum atomic E-state index is 11.9. The van der Waals surface area contributed by atoms with Crippen LogP contribution in [-0.2, 0) is 11.3 Å². The van der Waals surface area contributed by atoms with Crippen molar-refractivity contribution in [3.8, 4) is 5.75 Å². The summed E-state index contributed by atoms with van der Waals surface area (Å²) in [4.78, 5) is 11.9. The second-order valence-corrected chi connectivity index (χ2v) is 4.91. The molecular formula is C15H22N2O2. The van der Waals surface area contributed by atoms with E-state index in [0.717, 1.165) is 36.3 Å². The average molecular weight is 262 g/mol. The first-order valence-corrected chi connectivity index (χ1v) is 6.94. The fraction of sp³-hybridized carbons (Fsp3) is 0.533. The van der Waals surface area contributed by atoms with E-state index in [1.807, 2.05) is 32.0 Å². The fourth-order valence-electron chi connectivity index (χ4n) is 2.31. The molecule has 1 saturated heterocycles. The van der Waals surface area contributed by atoms with E-state index < -0.39 is 0 Å². The molecule has 0 spiro atoms. The van der Waals surface area contributed by atoms with E-state index in [0.29, 0.717) is 13.2 Å². The summed E-state index contributed by atoms with van der Waals surface area (Å²) in [6.45, 7) is 6.09. The lowest BCUT2D eigenvalue weighted by molar-refractivity contribution is -0.122. The fourth-order valence-corrected chi connectivity index (χ4v) is 2.31. The summed E-state index contributed by atoms with van der Waals surface area (Å²) in [6.07, 6.45) is 2.00. The predicted octanol–water partition coefficient (Wildman–Crippen LogP) is 1.76. The van der Waals surface area contributed by atoms with Gasteiger partial charge in [0, 0.05) is 12.1 Å². The molecule has 19 heavy (non-hydrogen) atoms. The molecule has 4 nitrogen and oxygen atoms in total. The largest absolute Gasteiger partial charge is 0.494 e. The number of hydrogen-bond acceptors (Lipinski definition) is 3. The van der Waals surface area contributed by atoms with Gasteiger partial charge in [0.1, 0.15) is 5.75 Å². The topological polar surface area (TPSA) is 50.4 Å². The summed E-state index contributed by atoms with van der Waals surface area (Å²) in [5.74, 6) is 0.947. The van der Waals surface area contributed by atoms with Crippen LogP contribution < -0.4 is 15.4 Å². The van der Waals surface area contributed by atoms with Crippen molar-refractivity contribution in [1.82, 2.24) is 10.6 Å². The molecule has 1 aromatic rings. The van der Waals surface area contributed by atoms with E-state index in [9.17, 15) is 4.79 Å². The maximum Gasteiger partial charge on any atom is 0.237 e. The first kappa shape index (κ1) is 13.9. The second-order valence-electron chi connectivity index (χ2n) is 4.91. The van der Waals surface area contributed by atoms with Gasteiger partial charge in [0.2, 0.25) is 5.91 Å². The standard InChI is InChI=1S/C15H22N2O2/c1-3-19-14-9-11(2)6-7-12(14)10-17-15(18)13-5-4-8-16-13/h6-7,9,13,16H,3-5,8,10H2,1-2H3,(H,17,18). The lowest BCUT2D eigenvalue weighted by Gasteiger charge is -2.14. The van der Waals surface area contributed by atoms with Gasteiger partial charge in [-0.3, -0.25) is 4.79 Å². The van der Waals surface area contributed by atoms with Crippen molar-refractivity contribution >= 4 is 5.91 Å². The number of amides is 1. The van der Waals surface area contributed by atoms with Gasteiger partial charge in [0.05, 0.1) is 12.6 Å². The van der Waals surface area contributed by atoms with E-state index in [1.165, 1.54) is 0 Å². The zero-order valence-corrected chi connectivity index (χ0v) is 11.7. The number of aryl methyl sites for hydroxylation is 1. The highest BCUT2D eigenvalue weighted by atomic mass is 16.5. The van der Waals surface area contributed by atoms with Crippen LogP contribution in [0.4, 0.5) is 0 Å². The Kier molecular flexibility index (Phi) is 4.80. The first-order chi connectivity index (χ1) is 9.20. The Bertz CT molecular complexity index is 440. The molecule has 2 rings (SSSR count). The first-order valence-electron chi connectivity index (χ1n) is 6.94. The highest BCUT2D eigenvalue weighted by Crippen LogP contribution is 2.20. The minimum absolute atomic E-state index is 0.0269. The summed E-state index contributed by atoms with van der Waals surface area (Å²) >= 11 is 0. The number of ether oxygens (including phenoxy) is 1. The van der Waals surface area contributed by atoms with Crippen LogP contribution in [0.5, 0.6) is 5.75 Å². The van der Waals surface area contributed by atoms with Gasteiger partial charge in [0.15, 0.2) is 0 Å². The number of rotatable bonds is 5. The number of benzene rings is 1. The summed E-state index contributed by atoms with van der Waals surface area (Å²) in [7, 11) is 0. The van der Waals surface area contributed by atoms with Crippen molar-refractivity contribution in [1.29, 1.82) is 0 Å². The third-order valence-electron chi connectivity index (χ3n) is 3.35. The van der Waals surface area contributed by atoms with E-state index >= 15 is 0 Å². The lowest BCUT2D eigenvalue weighted by atomic mass is 10.1. The number of carbonyl (C=O) groups is 1. The molecular weight excluding hydrogens is 240 g/mol. The quantitative estimate of drug-likeness (QED) is 0.850. The van der Waals surface area contributed by atoms with E-state index in [1.54, 1.807) is 0 Å². The third kappa shape index (κ3) is 3.70. The van der Waals surface area contributed by atoms with Gasteiger partial charge < -0.3 is 15.4 Å². The molecule has 1 aromatic carbocycles. The molecule has 0 aliphatic carbocycles. The van der Waals surface area contributed by atoms with Gasteiger partial charge in [-0.05, 0) is 44.9 Å². The van der Waals surface area contributed by atoms with Crippen LogP contribution in [-0.4, -0.2) is 25.1 Å². The van der Waals surface area contributed by atoms with Crippen LogP contribution >= 0.6 is 0 Å². The average Bonchev–Trinajstić information content (AvgIpc) is 2.92. The molecule has 4 heteroatoms. The Balaban J connectivity index is 1.96. The minimum Gasteiger partial charge on any atom is -0.494 e. The highest BCUT2D eigenvalue weighted by molar-refractivity contribution is 5.82. The van der Waals surface area contributed by atoms with Crippen LogP contribution in [0.3, 0.4) is 0 Å². The van der Waals surface area contributed by atoms with E-state index in [-0.39, 0.29) is 11.9 Å². The second kappa shape index (κ2) is 6.57. The number of hydrogen-bond donors (Lipinski definition) is 2. The molecule has 0 saturated carbocycles. The summed E-state index contributed by atoms with van der Waals surface area (Å²) in [5.41, 5.74) is 2.19. The Labute approximate surface area is 114 Å². The van der Waals surface area contributed by atoms with Gasteiger partial charge in [-0.2, -0.15) is 0 Å². The van der Waals surface area contributed by atoms with Crippen LogP contribution in [0.1, 0.15) is 30.9 Å². The molecule has 1 unspecified atom stereocenters. The molecule has 1 fully saturated rings. The van der Waals surface area contributed by atoms with Crippen LogP contribution in [0.25, 0.3) is 0 Å². The maximum absolute atomic E-state index is 11.9. The van der Waals surface area contributed by atoms with Crippen LogP contribution in [0.2, 0.25) is 0 Å². The smallest absolute Gasteiger partial charge is 0.237 e. The predicted molar refractivity (Wildman–Crippen MR) is 75.2 cm³/mol. The molecule has 104 valence electrons. The Hall–Kier alpha value is -1.55. The molecule has 2 N–H and O–H groups in total. The van der Waals surface area contributed by atoms with Crippen molar-refractivity contribution < 1.29 is 9.53 Å². The molecule has 1 aliphatic rings. The number of nitrogens with one attached hydrogen (secondary N) is 2. The van der Waals surface area contributed by atoms with Crippen molar-refractivity contribution in [3.05, 3.63) is 29.3 Å². The van der Waals surface area contributed by atoms with Crippen LogP contribution in [0, 0.1) is 6.92 Å². The summed E-state index contributed by atoms with van der Waals surface area (Å²) in [5, 5.41) is 6.18. The monoisotopic (exact) mass is 262 g/mol. The molecule has 1 heterocycles. The minimum atomic E-state index is -0.0269. The van der Waals surface area contributed by atoms with Gasteiger partial charge in [-0.1, -0.05) is 12.1 Å². The van der Waals surface area contributed by atoms with Gasteiger partial charge in [0.25, 0.3) is 0 Å². The third-order valence-corrected chi connectivity index (χ3v) is 3.35. The zero-order chi connectivity index (χ0) is 13.7. The van der Waals surface area contributed by atoms with Crippen LogP contribution in [0.15, 0.2) is 18.2 Å². The molecule has 0 aromatic heterocycles. The van der Waals surface area contributed by atoms with Gasteiger partial charge in [-0.15, -0.1) is 0 Å². The molecule has 0 radical (unpaired) electrons. The van der Waals surface area contributed by atoms with Crippen molar-refractivity contribution in [2.75, 3.05) is 13.2 Å². The van der Waals surface area contributed by atoms with Gasteiger partial charge in [-0.25, -0.2) is 0 Å². The lowest BCUT2D eigenvalue weighted by Crippen LogP contribution is -2.40. The summed E-state index contributed by atoms with van der Waals surface area (Å²) in [6, 6.07) is 6.04. The Morgan fingerprint density at radius 3 is 3.05 bits per heavy atom. The van der Waals surface area contributed by atoms with E-state index in [2.05, 4.69) is 10.6 Å². The molecule has 1 amide bonds. The normalized spacial score (nSPS) is 18.3. The Morgan fingerprint density at radius 1 is 1.53 bits per heavy atom. The van der Waals surface area contributed by atoms with Crippen molar-refractivity contribution in [2.45, 2.75) is 39.3 Å². The molecule has 1 atom stereocenters. The highest BCUT2D eigenvalue weighted by Gasteiger charge is 2.21. The Morgan fingerprint density at radius 2 is 2.37 bits per heavy atom.